The van der Waals surface area contributed by atoms with E-state index in [0.717, 1.165) is 29.9 Å². The Morgan fingerprint density at radius 1 is 1.36 bits per heavy atom. The number of nitrogens with one attached hydrogen (secondary N) is 3. The number of urea groups is 1. The summed E-state index contributed by atoms with van der Waals surface area (Å²) in [6.45, 7) is 3.88. The summed E-state index contributed by atoms with van der Waals surface area (Å²) in [4.78, 5) is 30.4. The van der Waals surface area contributed by atoms with Crippen LogP contribution in [0.5, 0.6) is 0 Å². The van der Waals surface area contributed by atoms with Gasteiger partial charge in [0.25, 0.3) is 0 Å². The van der Waals surface area contributed by atoms with Gasteiger partial charge < -0.3 is 20.3 Å². The lowest BCUT2D eigenvalue weighted by atomic mass is 10.0. The van der Waals surface area contributed by atoms with Gasteiger partial charge in [-0.1, -0.05) is 12.1 Å². The summed E-state index contributed by atoms with van der Waals surface area (Å²) >= 11 is 1.75. The van der Waals surface area contributed by atoms with Gasteiger partial charge in [-0.25, -0.2) is 14.6 Å². The minimum Gasteiger partial charge on any atom is -0.463 e. The minimum atomic E-state index is -0.363. The Morgan fingerprint density at radius 3 is 3.04 bits per heavy atom. The van der Waals surface area contributed by atoms with Gasteiger partial charge in [0.1, 0.15) is 12.6 Å². The van der Waals surface area contributed by atoms with Crippen LogP contribution in [0.1, 0.15) is 37.2 Å². The number of fused-ring (bicyclic) bond motifs is 1. The average molecular weight is 402 g/mol. The highest BCUT2D eigenvalue weighted by molar-refractivity contribution is 7.18. The molecule has 2 amide bonds. The maximum atomic E-state index is 12.3. The molecule has 3 N–H and O–H groups in total. The number of likely N-dealkylation sites (tertiary alicyclic amines) is 1. The molecule has 1 aromatic heterocycles. The van der Waals surface area contributed by atoms with Crippen molar-refractivity contribution in [3.63, 3.8) is 0 Å². The third-order valence-corrected chi connectivity index (χ3v) is 6.47. The molecule has 7 nitrogen and oxygen atoms in total. The number of carbonyl (C=O) groups is 2. The number of hydrogen-bond donors (Lipinski definition) is 3. The number of amides is 2. The lowest BCUT2D eigenvalue weighted by Crippen LogP contribution is -3.13. The van der Waals surface area contributed by atoms with E-state index >= 15 is 0 Å². The van der Waals surface area contributed by atoms with Crippen LogP contribution in [0.2, 0.25) is 0 Å². The number of para-hydroxylation sites is 1. The molecule has 1 fully saturated rings. The van der Waals surface area contributed by atoms with Gasteiger partial charge in [0.05, 0.1) is 41.2 Å². The predicted molar refractivity (Wildman–Crippen MR) is 107 cm³/mol. The van der Waals surface area contributed by atoms with E-state index < -0.39 is 0 Å². The molecule has 0 aliphatic carbocycles. The second kappa shape index (κ2) is 8.28. The van der Waals surface area contributed by atoms with E-state index in [-0.39, 0.29) is 24.6 Å². The summed E-state index contributed by atoms with van der Waals surface area (Å²) in [5.74, 6) is -0.363. The average Bonchev–Trinajstić information content (AvgIpc) is 3.13. The van der Waals surface area contributed by atoms with Gasteiger partial charge in [0.15, 0.2) is 5.01 Å². The number of thiazole rings is 1. The molecule has 2 aromatic rings. The van der Waals surface area contributed by atoms with Gasteiger partial charge in [-0.05, 0) is 31.9 Å². The molecule has 3 heterocycles. The second-order valence-electron chi connectivity index (χ2n) is 7.14. The van der Waals surface area contributed by atoms with Crippen molar-refractivity contribution in [3.05, 3.63) is 40.5 Å². The highest BCUT2D eigenvalue weighted by Crippen LogP contribution is 2.28. The highest BCUT2D eigenvalue weighted by Gasteiger charge is 2.34. The first kappa shape index (κ1) is 18.9. The smallest absolute Gasteiger partial charge is 0.337 e. The van der Waals surface area contributed by atoms with Crippen LogP contribution >= 0.6 is 11.3 Å². The number of carbonyl (C=O) groups excluding carboxylic acids is 2. The molecule has 1 aromatic carbocycles. The zero-order chi connectivity index (χ0) is 19.5. The van der Waals surface area contributed by atoms with E-state index in [1.807, 2.05) is 18.2 Å². The number of nitrogens with zero attached hydrogens (tertiary/aromatic N) is 1. The van der Waals surface area contributed by atoms with Crippen molar-refractivity contribution in [1.29, 1.82) is 0 Å². The standard InChI is InChI=1S/C20H24N4O3S/c1-2-27-19(25)13-11-21-20(26)23-15(13)12-24-10-6-5-8-16(24)18-22-14-7-3-4-9-17(14)28-18/h3-4,7,9,16H,2,5-6,8,10-12H2,1H3,(H2,21,23,26)/p+1/t16-/m0/s1. The topological polar surface area (TPSA) is 84.8 Å². The Morgan fingerprint density at radius 2 is 2.21 bits per heavy atom. The summed E-state index contributed by atoms with van der Waals surface area (Å²) in [6.07, 6.45) is 3.36. The molecule has 1 unspecified atom stereocenters. The van der Waals surface area contributed by atoms with Crippen molar-refractivity contribution in [2.24, 2.45) is 0 Å². The molecule has 148 valence electrons. The van der Waals surface area contributed by atoms with E-state index in [0.29, 0.717) is 24.4 Å². The Hall–Kier alpha value is -2.45. The largest absolute Gasteiger partial charge is 0.463 e. The van der Waals surface area contributed by atoms with Gasteiger partial charge in [-0.2, -0.15) is 0 Å². The molecule has 2 aliphatic rings. The third kappa shape index (κ3) is 3.88. The zero-order valence-electron chi connectivity index (χ0n) is 15.9. The lowest BCUT2D eigenvalue weighted by Gasteiger charge is -2.33. The number of ether oxygens (including phenoxy) is 1. The van der Waals surface area contributed by atoms with E-state index in [1.165, 1.54) is 16.0 Å². The van der Waals surface area contributed by atoms with Crippen LogP contribution in [0.4, 0.5) is 4.79 Å². The molecular formula is C20H25N4O3S+. The number of aromatic nitrogens is 1. The summed E-state index contributed by atoms with van der Waals surface area (Å²) in [6, 6.07) is 8.21. The van der Waals surface area contributed by atoms with Gasteiger partial charge >= 0.3 is 12.0 Å². The predicted octanol–water partition coefficient (Wildman–Crippen LogP) is 1.54. The second-order valence-corrected chi connectivity index (χ2v) is 8.20. The van der Waals surface area contributed by atoms with Crippen LogP contribution in [0.25, 0.3) is 10.2 Å². The van der Waals surface area contributed by atoms with Crippen LogP contribution < -0.4 is 15.5 Å². The number of quaternary nitrogens is 1. The number of rotatable bonds is 5. The first-order valence-corrected chi connectivity index (χ1v) is 10.6. The SMILES string of the molecule is CCOC(=O)C1=C(C[NH+]2CCCC[C@H]2c2nc3ccccc3s2)NC(=O)NC1. The van der Waals surface area contributed by atoms with Crippen molar-refractivity contribution in [1.82, 2.24) is 15.6 Å². The molecule has 0 radical (unpaired) electrons. The van der Waals surface area contributed by atoms with E-state index in [9.17, 15) is 9.59 Å². The Balaban J connectivity index is 1.61. The molecule has 1 saturated heterocycles. The number of esters is 1. The zero-order valence-corrected chi connectivity index (χ0v) is 16.7. The van der Waals surface area contributed by atoms with Crippen LogP contribution in [-0.4, -0.2) is 43.2 Å². The number of piperidine rings is 1. The third-order valence-electron chi connectivity index (χ3n) is 5.32. The highest BCUT2D eigenvalue weighted by atomic mass is 32.1. The molecule has 28 heavy (non-hydrogen) atoms. The van der Waals surface area contributed by atoms with Crippen molar-refractivity contribution in [2.45, 2.75) is 32.2 Å². The van der Waals surface area contributed by atoms with Gasteiger partial charge in [-0.15, -0.1) is 11.3 Å². The monoisotopic (exact) mass is 401 g/mol. The fourth-order valence-corrected chi connectivity index (χ4v) is 5.11. The quantitative estimate of drug-likeness (QED) is 0.664. The summed E-state index contributed by atoms with van der Waals surface area (Å²) in [5, 5.41) is 6.65. The Bertz CT molecular complexity index is 890. The van der Waals surface area contributed by atoms with E-state index in [2.05, 4.69) is 16.7 Å². The molecule has 2 aliphatic heterocycles. The first-order valence-electron chi connectivity index (χ1n) is 9.79. The van der Waals surface area contributed by atoms with Crippen LogP contribution in [-0.2, 0) is 9.53 Å². The van der Waals surface area contributed by atoms with Crippen molar-refractivity contribution < 1.29 is 19.2 Å². The Labute approximate surface area is 167 Å². The van der Waals surface area contributed by atoms with Crippen LogP contribution in [0, 0.1) is 0 Å². The number of benzene rings is 1. The van der Waals surface area contributed by atoms with Gasteiger partial charge in [0, 0.05) is 6.42 Å². The first-order chi connectivity index (χ1) is 13.7. The summed E-state index contributed by atoms with van der Waals surface area (Å²) in [7, 11) is 0. The normalized spacial score (nSPS) is 22.7. The summed E-state index contributed by atoms with van der Waals surface area (Å²) in [5.41, 5.74) is 2.22. The molecule has 0 spiro atoms. The van der Waals surface area contributed by atoms with Crippen molar-refractivity contribution in [3.8, 4) is 0 Å². The molecule has 2 atom stereocenters. The van der Waals surface area contributed by atoms with Crippen LogP contribution in [0.3, 0.4) is 0 Å². The molecular weight excluding hydrogens is 376 g/mol. The van der Waals surface area contributed by atoms with Crippen molar-refractivity contribution in [2.75, 3.05) is 26.2 Å². The van der Waals surface area contributed by atoms with E-state index in [4.69, 9.17) is 9.72 Å². The van der Waals surface area contributed by atoms with E-state index in [1.54, 1.807) is 18.3 Å². The van der Waals surface area contributed by atoms with Gasteiger partial charge in [0.2, 0.25) is 0 Å². The van der Waals surface area contributed by atoms with Gasteiger partial charge in [-0.3, -0.25) is 0 Å². The maximum Gasteiger partial charge on any atom is 0.337 e. The summed E-state index contributed by atoms with van der Waals surface area (Å²) < 4.78 is 6.38. The lowest BCUT2D eigenvalue weighted by molar-refractivity contribution is -0.932. The molecule has 4 rings (SSSR count). The molecule has 8 heteroatoms. The van der Waals surface area contributed by atoms with Crippen LogP contribution in [0.15, 0.2) is 35.5 Å². The molecule has 0 bridgehead atoms. The maximum absolute atomic E-state index is 12.3. The fraction of sp³-hybridized carbons (Fsp3) is 0.450. The fourth-order valence-electron chi connectivity index (χ4n) is 3.95. The number of hydrogen-bond acceptors (Lipinski definition) is 5. The van der Waals surface area contributed by atoms with Crippen molar-refractivity contribution >= 4 is 33.6 Å². The minimum absolute atomic E-state index is 0.207. The molecule has 0 saturated carbocycles. The Kier molecular flexibility index (Phi) is 5.59.